The molecule has 6 aromatic rings. The number of rotatable bonds is 8. The highest BCUT2D eigenvalue weighted by Gasteiger charge is 2.56. The average Bonchev–Trinajstić information content (AvgIpc) is 3.25. The second-order valence-corrected chi connectivity index (χ2v) is 17.1. The summed E-state index contributed by atoms with van der Waals surface area (Å²) in [4.78, 5) is 33.5. The van der Waals surface area contributed by atoms with Crippen LogP contribution in [0.3, 0.4) is 0 Å². The highest BCUT2D eigenvalue weighted by atomic mass is 35.5. The minimum Gasteiger partial charge on any atom is -0.461 e. The first kappa shape index (κ1) is 41.5. The number of hydrogen-bond acceptors (Lipinski definition) is 7. The van der Waals surface area contributed by atoms with Crippen LogP contribution in [-0.2, 0) is 11.4 Å². The van der Waals surface area contributed by atoms with Gasteiger partial charge in [0.05, 0.1) is 13.1 Å². The first-order valence-corrected chi connectivity index (χ1v) is 21.2. The van der Waals surface area contributed by atoms with Gasteiger partial charge >= 0.3 is 6.03 Å². The molecule has 2 amide bonds. The highest BCUT2D eigenvalue weighted by Crippen LogP contribution is 2.44. The minimum absolute atomic E-state index is 0.242. The van der Waals surface area contributed by atoms with Gasteiger partial charge in [-0.3, -0.25) is 19.8 Å². The van der Waals surface area contributed by atoms with E-state index in [1.807, 2.05) is 109 Å². The fourth-order valence-electron chi connectivity index (χ4n) is 8.35. The van der Waals surface area contributed by atoms with Gasteiger partial charge in [-0.05, 0) is 135 Å². The fraction of sp³-hybridized carbons (Fsp3) is 0.255. The molecule has 0 unspecified atom stereocenters. The largest absolute Gasteiger partial charge is 0.461 e. The van der Waals surface area contributed by atoms with E-state index in [2.05, 4.69) is 33.6 Å². The number of ether oxygens (including phenoxy) is 2. The van der Waals surface area contributed by atoms with Gasteiger partial charge < -0.3 is 19.3 Å². The number of nitrogens with zero attached hydrogens (tertiary/aromatic N) is 6. The van der Waals surface area contributed by atoms with Crippen molar-refractivity contribution in [1.82, 2.24) is 19.8 Å². The van der Waals surface area contributed by atoms with Crippen molar-refractivity contribution in [3.8, 4) is 11.5 Å². The molecule has 2 aromatic heterocycles. The second-order valence-electron chi connectivity index (χ2n) is 15.4. The third kappa shape index (κ3) is 8.04. The molecular weight excluding hydrogens is 838 g/mol. The molecule has 2 atom stereocenters. The van der Waals surface area contributed by atoms with E-state index < -0.39 is 11.4 Å². The standard InChI is InChI=1S/C47H44Cl4N6O3/c1-31-9-11-39(50)25-41(31)54-19-21-56(46(29-54,35-7-5-17-52-27-35)59-43-15-13-37(48)23-33(43)3)45(58)57-22-20-55(42-26-40(51)12-10-32(42)2)30-47(57,36-8-6-18-53-28-36)60-44-16-14-38(49)24-34(44)4/h5-18,23-28H,19-22,29-30H2,1-4H3/t46-,47+. The maximum Gasteiger partial charge on any atom is 0.326 e. The molecule has 4 aromatic carbocycles. The molecule has 2 saturated heterocycles. The van der Waals surface area contributed by atoms with E-state index in [1.165, 1.54) is 0 Å². The van der Waals surface area contributed by atoms with Crippen molar-refractivity contribution in [2.24, 2.45) is 0 Å². The van der Waals surface area contributed by atoms with Gasteiger partial charge in [-0.25, -0.2) is 4.79 Å². The van der Waals surface area contributed by atoms with Crippen LogP contribution >= 0.6 is 46.4 Å². The summed E-state index contributed by atoms with van der Waals surface area (Å²) in [5.41, 5.74) is 4.11. The summed E-state index contributed by atoms with van der Waals surface area (Å²) < 4.78 is 14.6. The van der Waals surface area contributed by atoms with Gasteiger partial charge in [-0.2, -0.15) is 0 Å². The number of amides is 2. The van der Waals surface area contributed by atoms with E-state index >= 15 is 4.79 Å². The Hall–Kier alpha value is -5.19. The predicted octanol–water partition coefficient (Wildman–Crippen LogP) is 11.3. The zero-order valence-corrected chi connectivity index (χ0v) is 36.7. The van der Waals surface area contributed by atoms with Crippen LogP contribution in [0.1, 0.15) is 33.4 Å². The molecule has 308 valence electrons. The van der Waals surface area contributed by atoms with Crippen LogP contribution in [-0.4, -0.2) is 65.1 Å². The number of aryl methyl sites for hydroxylation is 4. The molecule has 0 aliphatic carbocycles. The minimum atomic E-state index is -1.42. The van der Waals surface area contributed by atoms with Gasteiger partial charge in [-0.1, -0.05) is 58.5 Å². The summed E-state index contributed by atoms with van der Waals surface area (Å²) in [6.07, 6.45) is 6.96. The zero-order chi connectivity index (χ0) is 42.2. The Bertz CT molecular complexity index is 2360. The van der Waals surface area contributed by atoms with E-state index in [0.717, 1.165) is 33.6 Å². The van der Waals surface area contributed by atoms with Crippen LogP contribution in [0.2, 0.25) is 20.1 Å². The van der Waals surface area contributed by atoms with Crippen molar-refractivity contribution in [2.45, 2.75) is 39.1 Å². The smallest absolute Gasteiger partial charge is 0.326 e. The van der Waals surface area contributed by atoms with Crippen LogP contribution < -0.4 is 19.3 Å². The van der Waals surface area contributed by atoms with Gasteiger partial charge in [0.1, 0.15) is 11.5 Å². The number of carbonyl (C=O) groups is 1. The molecule has 8 rings (SSSR count). The van der Waals surface area contributed by atoms with Gasteiger partial charge in [0.15, 0.2) is 0 Å². The zero-order valence-electron chi connectivity index (χ0n) is 33.7. The highest BCUT2D eigenvalue weighted by molar-refractivity contribution is 6.31. The lowest BCUT2D eigenvalue weighted by molar-refractivity contribution is -0.115. The Kier molecular flexibility index (Phi) is 11.8. The summed E-state index contributed by atoms with van der Waals surface area (Å²) in [6.45, 7) is 9.98. The van der Waals surface area contributed by atoms with Crippen LogP contribution in [0, 0.1) is 27.7 Å². The van der Waals surface area contributed by atoms with Gasteiger partial charge in [-0.15, -0.1) is 0 Å². The van der Waals surface area contributed by atoms with Crippen molar-refractivity contribution < 1.29 is 14.3 Å². The number of benzene rings is 4. The van der Waals surface area contributed by atoms with Gasteiger partial charge in [0, 0.05) is 93.6 Å². The Balaban J connectivity index is 1.33. The van der Waals surface area contributed by atoms with Gasteiger partial charge in [0.25, 0.3) is 0 Å². The lowest BCUT2D eigenvalue weighted by atomic mass is 9.95. The molecule has 0 bridgehead atoms. The van der Waals surface area contributed by atoms with E-state index in [9.17, 15) is 0 Å². The molecule has 0 saturated carbocycles. The number of anilines is 2. The van der Waals surface area contributed by atoms with E-state index in [-0.39, 0.29) is 32.2 Å². The Labute approximate surface area is 371 Å². The van der Waals surface area contributed by atoms with E-state index in [1.54, 1.807) is 36.9 Å². The Morgan fingerprint density at radius 1 is 0.533 bits per heavy atom. The van der Waals surface area contributed by atoms with Crippen molar-refractivity contribution in [3.05, 3.63) is 175 Å². The van der Waals surface area contributed by atoms with E-state index in [4.69, 9.17) is 55.9 Å². The van der Waals surface area contributed by atoms with Crippen molar-refractivity contribution in [2.75, 3.05) is 49.1 Å². The monoisotopic (exact) mass is 880 g/mol. The van der Waals surface area contributed by atoms with Crippen LogP contribution in [0.25, 0.3) is 0 Å². The number of aromatic nitrogens is 2. The predicted molar refractivity (Wildman–Crippen MR) is 241 cm³/mol. The average molecular weight is 883 g/mol. The SMILES string of the molecule is Cc1cc(Cl)ccc1O[C@]1(c2cccnc2)CN(c2cc(Cl)ccc2C)CCN1C(=O)N1CCN(c2cc(Cl)ccc2C)C[C@@]1(Oc1ccc(Cl)cc1C)c1cccnc1. The van der Waals surface area contributed by atoms with Crippen molar-refractivity contribution in [1.29, 1.82) is 0 Å². The van der Waals surface area contributed by atoms with E-state index in [0.29, 0.717) is 55.8 Å². The molecule has 0 spiro atoms. The second kappa shape index (κ2) is 17.1. The lowest BCUT2D eigenvalue weighted by Gasteiger charge is -2.56. The molecule has 4 heterocycles. The molecule has 0 N–H and O–H groups in total. The summed E-state index contributed by atoms with van der Waals surface area (Å²) in [5.74, 6) is 1.14. The topological polar surface area (TPSA) is 74.3 Å². The maximum absolute atomic E-state index is 16.2. The first-order chi connectivity index (χ1) is 28.9. The molecule has 2 aliphatic rings. The number of urea groups is 1. The Morgan fingerprint density at radius 2 is 0.933 bits per heavy atom. The molecule has 60 heavy (non-hydrogen) atoms. The quantitative estimate of drug-likeness (QED) is 0.151. The fourth-order valence-corrected chi connectivity index (χ4v) is 9.13. The number of pyridine rings is 2. The third-order valence-corrected chi connectivity index (χ3v) is 12.4. The number of halogens is 4. The molecule has 13 heteroatoms. The van der Waals surface area contributed by atoms with Crippen LogP contribution in [0.15, 0.2) is 122 Å². The Morgan fingerprint density at radius 3 is 1.32 bits per heavy atom. The van der Waals surface area contributed by atoms with Crippen molar-refractivity contribution >= 4 is 63.8 Å². The summed E-state index contributed by atoms with van der Waals surface area (Å²) >= 11 is 26.2. The summed E-state index contributed by atoms with van der Waals surface area (Å²) in [7, 11) is 0. The molecule has 2 fully saturated rings. The summed E-state index contributed by atoms with van der Waals surface area (Å²) in [6, 6.07) is 30.0. The maximum atomic E-state index is 16.2. The van der Waals surface area contributed by atoms with Crippen LogP contribution in [0.4, 0.5) is 16.2 Å². The van der Waals surface area contributed by atoms with Crippen LogP contribution in [0.5, 0.6) is 11.5 Å². The first-order valence-electron chi connectivity index (χ1n) is 19.7. The lowest BCUT2D eigenvalue weighted by Crippen LogP contribution is -2.72. The third-order valence-electron chi connectivity index (χ3n) is 11.4. The molecular formula is C47H44Cl4N6O3. The molecule has 0 radical (unpaired) electrons. The van der Waals surface area contributed by atoms with Gasteiger partial charge in [0.2, 0.25) is 11.4 Å². The summed E-state index contributed by atoms with van der Waals surface area (Å²) in [5, 5.41) is 2.37. The number of piperazine rings is 2. The number of hydrogen-bond donors (Lipinski definition) is 0. The van der Waals surface area contributed by atoms with Crippen molar-refractivity contribution in [3.63, 3.8) is 0 Å². The molecule has 9 nitrogen and oxygen atoms in total. The normalized spacial score (nSPS) is 19.3. The molecule has 2 aliphatic heterocycles. The number of carbonyl (C=O) groups excluding carboxylic acids is 1.